The maximum absolute atomic E-state index is 12.2. The van der Waals surface area contributed by atoms with Crippen LogP contribution in [0.15, 0.2) is 29.1 Å². The molecule has 0 saturated heterocycles. The Morgan fingerprint density at radius 2 is 1.75 bits per heavy atom. The number of imidazole rings is 1. The predicted octanol–water partition coefficient (Wildman–Crippen LogP) is -0.101. The summed E-state index contributed by atoms with van der Waals surface area (Å²) in [6.07, 6.45) is 0.892. The van der Waals surface area contributed by atoms with Crippen molar-refractivity contribution in [1.82, 2.24) is 13.9 Å². The summed E-state index contributed by atoms with van der Waals surface area (Å²) >= 11 is 0. The maximum Gasteiger partial charge on any atom is 0.329 e. The van der Waals surface area contributed by atoms with Gasteiger partial charge >= 0.3 is 5.69 Å². The summed E-state index contributed by atoms with van der Waals surface area (Å²) in [6.45, 7) is 1.97. The van der Waals surface area contributed by atoms with Gasteiger partial charge in [-0.05, 0) is 19.1 Å². The third-order valence-corrected chi connectivity index (χ3v) is 3.44. The molecule has 1 N–H and O–H groups in total. The third kappa shape index (κ3) is 2.74. The van der Waals surface area contributed by atoms with Crippen LogP contribution in [0.2, 0.25) is 0 Å². The summed E-state index contributed by atoms with van der Waals surface area (Å²) < 4.78 is 26.7. The van der Waals surface area contributed by atoms with Crippen molar-refractivity contribution in [2.75, 3.05) is 6.26 Å². The molecule has 7 nitrogen and oxygen atoms in total. The van der Waals surface area contributed by atoms with Gasteiger partial charge in [0.2, 0.25) is 10.0 Å². The van der Waals surface area contributed by atoms with E-state index in [2.05, 4.69) is 0 Å². The Labute approximate surface area is 115 Å². The van der Waals surface area contributed by atoms with E-state index in [1.165, 1.54) is 9.13 Å². The predicted molar refractivity (Wildman–Crippen MR) is 74.9 cm³/mol. The number of amides is 1. The molecule has 0 spiro atoms. The highest BCUT2D eigenvalue weighted by molar-refractivity contribution is 7.89. The molecule has 2 rings (SSSR count). The SMILES string of the molecule is CCn1c(=O)n(CC(=O)NS(C)(=O)=O)c2ccccc21. The number of aryl methyl sites for hydroxylation is 1. The van der Waals surface area contributed by atoms with E-state index >= 15 is 0 Å². The molecule has 0 aliphatic carbocycles. The second kappa shape index (κ2) is 5.12. The zero-order valence-electron chi connectivity index (χ0n) is 11.2. The Balaban J connectivity index is 2.48. The van der Waals surface area contributed by atoms with Crippen LogP contribution in [0.4, 0.5) is 0 Å². The Bertz CT molecular complexity index is 817. The molecule has 1 heterocycles. The summed E-state index contributed by atoms with van der Waals surface area (Å²) in [6, 6.07) is 7.06. The van der Waals surface area contributed by atoms with Crippen LogP contribution >= 0.6 is 0 Å². The largest absolute Gasteiger partial charge is 0.329 e. The van der Waals surface area contributed by atoms with Crippen LogP contribution in [0.5, 0.6) is 0 Å². The van der Waals surface area contributed by atoms with Gasteiger partial charge in [0.25, 0.3) is 5.91 Å². The van der Waals surface area contributed by atoms with E-state index in [-0.39, 0.29) is 12.2 Å². The normalized spacial score (nSPS) is 11.7. The fourth-order valence-corrected chi connectivity index (χ4v) is 2.59. The number of rotatable bonds is 4. The summed E-state index contributed by atoms with van der Waals surface area (Å²) in [5, 5.41) is 0. The minimum absolute atomic E-state index is 0.334. The van der Waals surface area contributed by atoms with Gasteiger partial charge in [-0.1, -0.05) is 12.1 Å². The fraction of sp³-hybridized carbons (Fsp3) is 0.333. The number of para-hydroxylation sites is 2. The van der Waals surface area contributed by atoms with Crippen molar-refractivity contribution in [1.29, 1.82) is 0 Å². The van der Waals surface area contributed by atoms with Crippen LogP contribution < -0.4 is 10.4 Å². The molecule has 0 radical (unpaired) electrons. The first-order valence-electron chi connectivity index (χ1n) is 6.02. The first kappa shape index (κ1) is 14.3. The van der Waals surface area contributed by atoms with Crippen LogP contribution in [0.1, 0.15) is 6.92 Å². The Hall–Kier alpha value is -2.09. The van der Waals surface area contributed by atoms with Crippen LogP contribution in [-0.2, 0) is 27.9 Å². The Morgan fingerprint density at radius 3 is 2.25 bits per heavy atom. The number of aromatic nitrogens is 2. The van der Waals surface area contributed by atoms with Crippen LogP contribution in [0, 0.1) is 0 Å². The lowest BCUT2D eigenvalue weighted by Gasteiger charge is -2.03. The van der Waals surface area contributed by atoms with Crippen molar-refractivity contribution in [3.05, 3.63) is 34.7 Å². The molecule has 1 amide bonds. The Kier molecular flexibility index (Phi) is 3.67. The number of carbonyl (C=O) groups is 1. The molecule has 0 aliphatic rings. The summed E-state index contributed by atoms with van der Waals surface area (Å²) in [5.74, 6) is -0.742. The first-order chi connectivity index (χ1) is 9.33. The number of hydrogen-bond donors (Lipinski definition) is 1. The first-order valence-corrected chi connectivity index (χ1v) is 7.91. The monoisotopic (exact) mass is 297 g/mol. The van der Waals surface area contributed by atoms with Crippen molar-refractivity contribution in [3.8, 4) is 0 Å². The fourth-order valence-electron chi connectivity index (χ4n) is 2.11. The standard InChI is InChI=1S/C12H15N3O4S/c1-3-14-9-6-4-5-7-10(9)15(12(14)17)8-11(16)13-20(2,18)19/h4-7H,3,8H2,1-2H3,(H,13,16). The van der Waals surface area contributed by atoms with E-state index in [1.54, 1.807) is 24.3 Å². The molecular weight excluding hydrogens is 282 g/mol. The second-order valence-electron chi connectivity index (χ2n) is 4.40. The molecule has 108 valence electrons. The summed E-state index contributed by atoms with van der Waals surface area (Å²) in [7, 11) is -3.63. The second-order valence-corrected chi connectivity index (χ2v) is 6.15. The number of nitrogens with one attached hydrogen (secondary N) is 1. The lowest BCUT2D eigenvalue weighted by molar-refractivity contribution is -0.119. The van der Waals surface area contributed by atoms with Gasteiger partial charge in [-0.25, -0.2) is 13.2 Å². The van der Waals surface area contributed by atoms with Gasteiger partial charge in [0.05, 0.1) is 17.3 Å². The third-order valence-electron chi connectivity index (χ3n) is 2.84. The highest BCUT2D eigenvalue weighted by atomic mass is 32.2. The average molecular weight is 297 g/mol. The molecule has 0 bridgehead atoms. The smallest absolute Gasteiger partial charge is 0.292 e. The highest BCUT2D eigenvalue weighted by Crippen LogP contribution is 2.12. The van der Waals surface area contributed by atoms with Gasteiger partial charge in [-0.2, -0.15) is 0 Å². The summed E-state index contributed by atoms with van der Waals surface area (Å²) in [4.78, 5) is 23.9. The molecule has 0 atom stereocenters. The van der Waals surface area contributed by atoms with Crippen molar-refractivity contribution in [2.24, 2.45) is 0 Å². The van der Waals surface area contributed by atoms with E-state index in [1.807, 2.05) is 11.6 Å². The molecule has 20 heavy (non-hydrogen) atoms. The van der Waals surface area contributed by atoms with Crippen molar-refractivity contribution in [3.63, 3.8) is 0 Å². The summed E-state index contributed by atoms with van der Waals surface area (Å²) in [5.41, 5.74) is 0.979. The average Bonchev–Trinajstić information content (AvgIpc) is 2.60. The molecule has 0 saturated carbocycles. The van der Waals surface area contributed by atoms with Crippen molar-refractivity contribution >= 4 is 27.0 Å². The number of nitrogens with zero attached hydrogens (tertiary/aromatic N) is 2. The van der Waals surface area contributed by atoms with E-state index < -0.39 is 15.9 Å². The molecule has 2 aromatic rings. The minimum Gasteiger partial charge on any atom is -0.292 e. The molecule has 8 heteroatoms. The molecule has 0 aliphatic heterocycles. The zero-order chi connectivity index (χ0) is 14.9. The molecule has 0 fully saturated rings. The number of sulfonamides is 1. The number of carbonyl (C=O) groups excluding carboxylic acids is 1. The lowest BCUT2D eigenvalue weighted by atomic mass is 10.3. The van der Waals surface area contributed by atoms with E-state index in [9.17, 15) is 18.0 Å². The lowest BCUT2D eigenvalue weighted by Crippen LogP contribution is -2.35. The van der Waals surface area contributed by atoms with Gasteiger partial charge in [0, 0.05) is 6.54 Å². The van der Waals surface area contributed by atoms with Crippen LogP contribution in [0.3, 0.4) is 0 Å². The quantitative estimate of drug-likeness (QED) is 0.853. The van der Waals surface area contributed by atoms with Gasteiger partial charge in [0.1, 0.15) is 6.54 Å². The van der Waals surface area contributed by atoms with Gasteiger partial charge in [0.15, 0.2) is 0 Å². The number of benzene rings is 1. The minimum atomic E-state index is -3.63. The van der Waals surface area contributed by atoms with E-state index in [0.29, 0.717) is 17.6 Å². The molecule has 1 aromatic heterocycles. The van der Waals surface area contributed by atoms with Gasteiger partial charge in [-0.3, -0.25) is 18.7 Å². The topological polar surface area (TPSA) is 90.2 Å². The highest BCUT2D eigenvalue weighted by Gasteiger charge is 2.16. The number of fused-ring (bicyclic) bond motifs is 1. The van der Waals surface area contributed by atoms with Crippen LogP contribution in [-0.4, -0.2) is 29.7 Å². The maximum atomic E-state index is 12.2. The van der Waals surface area contributed by atoms with Crippen molar-refractivity contribution in [2.45, 2.75) is 20.0 Å². The van der Waals surface area contributed by atoms with Crippen LogP contribution in [0.25, 0.3) is 11.0 Å². The molecule has 1 aromatic carbocycles. The van der Waals surface area contributed by atoms with E-state index in [4.69, 9.17) is 0 Å². The van der Waals surface area contributed by atoms with E-state index in [0.717, 1.165) is 6.26 Å². The van der Waals surface area contributed by atoms with Gasteiger partial charge < -0.3 is 0 Å². The zero-order valence-corrected chi connectivity index (χ0v) is 12.0. The Morgan fingerprint density at radius 1 is 1.20 bits per heavy atom. The van der Waals surface area contributed by atoms with Crippen molar-refractivity contribution < 1.29 is 13.2 Å². The van der Waals surface area contributed by atoms with Gasteiger partial charge in [-0.15, -0.1) is 0 Å². The number of hydrogen-bond acceptors (Lipinski definition) is 4. The molecular formula is C12H15N3O4S. The molecule has 0 unspecified atom stereocenters.